The molecular formula is C63H71N5O11S. The summed E-state index contributed by atoms with van der Waals surface area (Å²) in [5.41, 5.74) is 10.6. The molecule has 0 aliphatic carbocycles. The van der Waals surface area contributed by atoms with E-state index in [0.717, 1.165) is 76.1 Å². The summed E-state index contributed by atoms with van der Waals surface area (Å²) < 4.78 is 35.8. The molecule has 0 saturated carbocycles. The van der Waals surface area contributed by atoms with E-state index in [4.69, 9.17) is 28.4 Å². The Morgan fingerprint density at radius 2 is 1.41 bits per heavy atom. The van der Waals surface area contributed by atoms with Crippen LogP contribution in [0.4, 0.5) is 17.1 Å². The number of carbonyl (C=O) groups excluding carboxylic acids is 5. The largest absolute Gasteiger partial charge is 0.493 e. The fourth-order valence-electron chi connectivity index (χ4n) is 11.6. The smallest absolute Gasteiger partial charge is 0.259 e. The first-order chi connectivity index (χ1) is 38.7. The fraction of sp³-hybridized carbons (Fsp3) is 0.413. The first kappa shape index (κ1) is 56.1. The number of thioether (sulfide) groups is 1. The number of imide groups is 1. The van der Waals surface area contributed by atoms with Crippen molar-refractivity contribution in [2.24, 2.45) is 0 Å². The summed E-state index contributed by atoms with van der Waals surface area (Å²) >= 11 is 1.45. The molecule has 1 saturated heterocycles. The molecule has 0 radical (unpaired) electrons. The lowest BCUT2D eigenvalue weighted by molar-refractivity contribution is -0.138. The lowest BCUT2D eigenvalue weighted by atomic mass is 9.98. The summed E-state index contributed by atoms with van der Waals surface area (Å²) in [5.74, 6) is 0.692. The molecule has 0 spiro atoms. The van der Waals surface area contributed by atoms with Crippen molar-refractivity contribution in [2.75, 3.05) is 88.6 Å². The predicted octanol–water partition coefficient (Wildman–Crippen LogP) is 8.54. The summed E-state index contributed by atoms with van der Waals surface area (Å²) in [5, 5.41) is 1.95. The molecule has 16 nitrogen and oxygen atoms in total. The summed E-state index contributed by atoms with van der Waals surface area (Å²) in [6, 6.07) is 30.1. The highest BCUT2D eigenvalue weighted by atomic mass is 32.2. The quantitative estimate of drug-likeness (QED) is 0.0462. The van der Waals surface area contributed by atoms with Gasteiger partial charge in [-0.15, -0.1) is 11.8 Å². The number of hydrogen-bond acceptors (Lipinski definition) is 13. The lowest BCUT2D eigenvalue weighted by Gasteiger charge is -2.35. The zero-order chi connectivity index (χ0) is 56.1. The summed E-state index contributed by atoms with van der Waals surface area (Å²) in [6.45, 7) is 9.46. The molecule has 5 aliphatic heterocycles. The van der Waals surface area contributed by atoms with Crippen LogP contribution in [-0.2, 0) is 61.1 Å². The molecular weight excluding hydrogens is 1030 g/mol. The number of methoxy groups -OCH3 is 2. The second-order valence-corrected chi connectivity index (χ2v) is 23.5. The highest BCUT2D eigenvalue weighted by molar-refractivity contribution is 8.02. The van der Waals surface area contributed by atoms with Crippen molar-refractivity contribution in [2.45, 2.75) is 94.6 Å². The monoisotopic (exact) mass is 1110 g/mol. The Hall–Kier alpha value is -7.18. The van der Waals surface area contributed by atoms with Gasteiger partial charge in [0.15, 0.2) is 11.5 Å². The van der Waals surface area contributed by atoms with Gasteiger partial charge in [-0.25, -0.2) is 0 Å². The molecule has 5 aromatic carbocycles. The molecule has 5 heterocycles. The van der Waals surface area contributed by atoms with Crippen molar-refractivity contribution >= 4 is 64.4 Å². The van der Waals surface area contributed by atoms with E-state index in [0.29, 0.717) is 74.5 Å². The van der Waals surface area contributed by atoms with Crippen LogP contribution < -0.4 is 34.2 Å². The molecule has 80 heavy (non-hydrogen) atoms. The molecule has 0 bridgehead atoms. The van der Waals surface area contributed by atoms with Crippen molar-refractivity contribution in [3.63, 3.8) is 0 Å². The summed E-state index contributed by atoms with van der Waals surface area (Å²) in [7, 11) is 4.73. The van der Waals surface area contributed by atoms with Gasteiger partial charge in [-0.05, 0) is 140 Å². The molecule has 10 rings (SSSR count). The first-order valence-corrected chi connectivity index (χ1v) is 28.5. The molecule has 1 N–H and O–H groups in total. The number of anilines is 3. The average molecular weight is 1110 g/mol. The van der Waals surface area contributed by atoms with Crippen molar-refractivity contribution in [1.29, 1.82) is 0 Å². The minimum Gasteiger partial charge on any atom is -0.493 e. The maximum atomic E-state index is 14.3. The number of carbonyl (C=O) groups is 5. The van der Waals surface area contributed by atoms with Crippen molar-refractivity contribution in [3.05, 3.63) is 147 Å². The molecule has 5 aromatic rings. The van der Waals surface area contributed by atoms with E-state index >= 15 is 0 Å². The number of ether oxygens (including phenoxy) is 6. The second-order valence-electron chi connectivity index (χ2n) is 21.6. The molecule has 1 fully saturated rings. The number of rotatable bonds is 24. The normalized spacial score (nSPS) is 18.0. The third kappa shape index (κ3) is 12.3. The Labute approximate surface area is 472 Å². The van der Waals surface area contributed by atoms with Gasteiger partial charge in [0.1, 0.15) is 19.0 Å². The molecule has 0 aromatic heterocycles. The number of nitrogens with one attached hydrogen (secondary N) is 1. The van der Waals surface area contributed by atoms with Crippen molar-refractivity contribution in [1.82, 2.24) is 10.2 Å². The van der Waals surface area contributed by atoms with Crippen LogP contribution in [0.25, 0.3) is 6.08 Å². The van der Waals surface area contributed by atoms with Gasteiger partial charge in [-0.2, -0.15) is 0 Å². The number of likely N-dealkylation sites (tertiary alicyclic amines) is 1. The summed E-state index contributed by atoms with van der Waals surface area (Å²) in [6.07, 6.45) is 7.32. The molecule has 5 aliphatic rings. The standard InChI is InChI=1S/C63H71N5O11S/c1-40-27-50-43(15-17-47-31-45-11-7-9-13-52(45)67(47)60(50)71)33-54(40)78-37-41-28-42(38-79-56-34-44-16-18-48-32-46-12-8-10-14-53(46)68(48)61(72)51(44)35-55(56)75-6)30-49(29-41)65(21-22-76-25-26-77-24-23-74-5)39-63(2,3)80-57-36-59(70)66(62(57)73)20-19-58(69)64-4/h7-14,16,18,27-30,33-35,47-48,57H,15,17,19-26,31-32,36-39H2,1-6H3,(H,64,69)/t47-,48-,57?/m1/s1. The predicted molar refractivity (Wildman–Crippen MR) is 309 cm³/mol. The van der Waals surface area contributed by atoms with Crippen LogP contribution in [0.1, 0.15) is 92.8 Å². The lowest BCUT2D eigenvalue weighted by Crippen LogP contribution is -2.41. The van der Waals surface area contributed by atoms with Crippen LogP contribution in [0.5, 0.6) is 17.2 Å². The Morgan fingerprint density at radius 3 is 2.14 bits per heavy atom. The van der Waals surface area contributed by atoms with E-state index in [9.17, 15) is 24.0 Å². The molecule has 17 heteroatoms. The summed E-state index contributed by atoms with van der Waals surface area (Å²) in [4.78, 5) is 74.9. The van der Waals surface area contributed by atoms with Gasteiger partial charge in [-0.1, -0.05) is 48.6 Å². The third-order valence-corrected chi connectivity index (χ3v) is 17.0. The molecule has 3 atom stereocenters. The number of aryl methyl sites for hydroxylation is 2. The highest BCUT2D eigenvalue weighted by Crippen LogP contribution is 2.42. The van der Waals surface area contributed by atoms with E-state index in [1.54, 1.807) is 20.3 Å². The molecule has 1 unspecified atom stereocenters. The Balaban J connectivity index is 0.941. The maximum absolute atomic E-state index is 14.3. The molecule has 5 amide bonds. The van der Waals surface area contributed by atoms with Crippen LogP contribution in [-0.4, -0.2) is 130 Å². The van der Waals surface area contributed by atoms with E-state index in [1.807, 2.05) is 77.4 Å². The number of amides is 5. The third-order valence-electron chi connectivity index (χ3n) is 15.5. The fourth-order valence-corrected chi connectivity index (χ4v) is 13.1. The number of nitrogens with zero attached hydrogens (tertiary/aromatic N) is 4. The number of hydrogen-bond donors (Lipinski definition) is 1. The Bertz CT molecular complexity index is 3200. The van der Waals surface area contributed by atoms with Crippen LogP contribution >= 0.6 is 11.8 Å². The minimum absolute atomic E-state index is 0.0188. The zero-order valence-corrected chi connectivity index (χ0v) is 47.4. The van der Waals surface area contributed by atoms with Crippen LogP contribution in [0.3, 0.4) is 0 Å². The second kappa shape index (κ2) is 24.7. The minimum atomic E-state index is -0.617. The van der Waals surface area contributed by atoms with Crippen molar-refractivity contribution in [3.8, 4) is 17.2 Å². The van der Waals surface area contributed by atoms with Crippen LogP contribution in [0.15, 0.2) is 97.1 Å². The first-order valence-electron chi connectivity index (χ1n) is 27.6. The van der Waals surface area contributed by atoms with Crippen molar-refractivity contribution < 1.29 is 52.4 Å². The van der Waals surface area contributed by atoms with Crippen LogP contribution in [0.2, 0.25) is 0 Å². The van der Waals surface area contributed by atoms with Crippen LogP contribution in [0, 0.1) is 6.92 Å². The van der Waals surface area contributed by atoms with E-state index in [2.05, 4.69) is 60.5 Å². The number of para-hydroxylation sites is 2. The van der Waals surface area contributed by atoms with Gasteiger partial charge >= 0.3 is 0 Å². The maximum Gasteiger partial charge on any atom is 0.259 e. The Morgan fingerprint density at radius 1 is 0.738 bits per heavy atom. The van der Waals surface area contributed by atoms with Gasteiger partial charge < -0.3 is 48.4 Å². The average Bonchev–Trinajstić information content (AvgIpc) is 4.10. The highest BCUT2D eigenvalue weighted by Gasteiger charge is 2.43. The van der Waals surface area contributed by atoms with E-state index in [-0.39, 0.29) is 74.2 Å². The van der Waals surface area contributed by atoms with Gasteiger partial charge in [0.2, 0.25) is 17.7 Å². The van der Waals surface area contributed by atoms with Gasteiger partial charge in [0, 0.05) is 80.0 Å². The van der Waals surface area contributed by atoms with Gasteiger partial charge in [-0.3, -0.25) is 28.9 Å². The number of benzene rings is 5. The van der Waals surface area contributed by atoms with Gasteiger partial charge in [0.05, 0.1) is 57.0 Å². The van der Waals surface area contributed by atoms with E-state index in [1.165, 1.54) is 29.3 Å². The molecule has 420 valence electrons. The Kier molecular flexibility index (Phi) is 17.3. The SMILES string of the molecule is CNC(=O)CCN1C(=O)CC(SC(C)(C)CN(CCOCCOCCOC)c2cc(COc3cc4c(cc3C)C(=O)N3c5ccccc5C[C@H]3CC4)cc(COc3cc4c(cc3OC)C(=O)N3c5ccccc5C[C@H]3C=C4)c2)C1=O. The van der Waals surface area contributed by atoms with E-state index < -0.39 is 10.00 Å². The topological polar surface area (TPSA) is 166 Å². The zero-order valence-electron chi connectivity index (χ0n) is 46.5. The number of fused-ring (bicyclic) bond motifs is 8. The van der Waals surface area contributed by atoms with Gasteiger partial charge in [0.25, 0.3) is 11.8 Å².